The molecule has 0 aromatic heterocycles. The van der Waals surface area contributed by atoms with Gasteiger partial charge in [-0.15, -0.1) is 0 Å². The standard InChI is InChI=1S/C9H13F2NO/c10-8(11)6-13-12-7-4-9(5-7)2-1-3-9/h8H,1-6H2. The third-order valence-corrected chi connectivity index (χ3v) is 2.97. The Balaban J connectivity index is 1.67. The minimum Gasteiger partial charge on any atom is -0.390 e. The van der Waals surface area contributed by atoms with Crippen LogP contribution in [0.3, 0.4) is 0 Å². The summed E-state index contributed by atoms with van der Waals surface area (Å²) >= 11 is 0. The average molecular weight is 189 g/mol. The molecule has 0 radical (unpaired) electrons. The highest BCUT2D eigenvalue weighted by molar-refractivity contribution is 5.91. The second-order valence-electron chi connectivity index (χ2n) is 4.05. The van der Waals surface area contributed by atoms with E-state index in [0.29, 0.717) is 5.41 Å². The van der Waals surface area contributed by atoms with Gasteiger partial charge in [-0.25, -0.2) is 8.78 Å². The van der Waals surface area contributed by atoms with E-state index in [2.05, 4.69) is 9.99 Å². The van der Waals surface area contributed by atoms with Crippen LogP contribution in [0.5, 0.6) is 0 Å². The molecule has 1 spiro atoms. The number of halogens is 2. The van der Waals surface area contributed by atoms with Crippen LogP contribution in [0.2, 0.25) is 0 Å². The van der Waals surface area contributed by atoms with Crippen molar-refractivity contribution in [1.29, 1.82) is 0 Å². The van der Waals surface area contributed by atoms with Crippen LogP contribution < -0.4 is 0 Å². The molecular formula is C9H13F2NO. The molecule has 2 aliphatic rings. The molecule has 2 rings (SSSR count). The molecule has 0 unspecified atom stereocenters. The summed E-state index contributed by atoms with van der Waals surface area (Å²) in [7, 11) is 0. The number of oxime groups is 1. The molecule has 74 valence electrons. The van der Waals surface area contributed by atoms with E-state index >= 15 is 0 Å². The molecule has 0 aromatic rings. The van der Waals surface area contributed by atoms with Gasteiger partial charge in [-0.3, -0.25) is 0 Å². The van der Waals surface area contributed by atoms with Gasteiger partial charge in [0.05, 0.1) is 5.71 Å². The number of hydrogen-bond donors (Lipinski definition) is 0. The SMILES string of the molecule is FC(F)CON=C1CC2(CCC2)C1. The highest BCUT2D eigenvalue weighted by atomic mass is 19.3. The third kappa shape index (κ3) is 1.81. The van der Waals surface area contributed by atoms with Crippen LogP contribution in [0.4, 0.5) is 8.78 Å². The zero-order chi connectivity index (χ0) is 9.31. The summed E-state index contributed by atoms with van der Waals surface area (Å²) < 4.78 is 23.3. The third-order valence-electron chi connectivity index (χ3n) is 2.97. The van der Waals surface area contributed by atoms with Gasteiger partial charge in [0.2, 0.25) is 0 Å². The fourth-order valence-electron chi connectivity index (χ4n) is 2.09. The summed E-state index contributed by atoms with van der Waals surface area (Å²) in [6.45, 7) is -0.573. The van der Waals surface area contributed by atoms with Gasteiger partial charge in [0.25, 0.3) is 6.43 Å². The van der Waals surface area contributed by atoms with Gasteiger partial charge in [0.1, 0.15) is 0 Å². The van der Waals surface area contributed by atoms with E-state index in [-0.39, 0.29) is 0 Å². The highest BCUT2D eigenvalue weighted by Crippen LogP contribution is 2.54. The largest absolute Gasteiger partial charge is 0.390 e. The Morgan fingerprint density at radius 2 is 2.08 bits per heavy atom. The van der Waals surface area contributed by atoms with Crippen molar-refractivity contribution in [3.63, 3.8) is 0 Å². The summed E-state index contributed by atoms with van der Waals surface area (Å²) in [6, 6.07) is 0. The van der Waals surface area contributed by atoms with E-state index in [1.54, 1.807) is 0 Å². The van der Waals surface area contributed by atoms with Crippen molar-refractivity contribution in [2.24, 2.45) is 10.6 Å². The van der Waals surface area contributed by atoms with Crippen LogP contribution in [-0.2, 0) is 4.84 Å². The number of alkyl halides is 2. The monoisotopic (exact) mass is 189 g/mol. The Morgan fingerprint density at radius 1 is 1.38 bits per heavy atom. The van der Waals surface area contributed by atoms with Crippen LogP contribution in [0, 0.1) is 5.41 Å². The van der Waals surface area contributed by atoms with E-state index < -0.39 is 13.0 Å². The molecule has 0 atom stereocenters. The summed E-state index contributed by atoms with van der Waals surface area (Å²) in [4.78, 5) is 4.50. The molecular weight excluding hydrogens is 176 g/mol. The lowest BCUT2D eigenvalue weighted by molar-refractivity contribution is 0.0157. The Morgan fingerprint density at radius 3 is 2.54 bits per heavy atom. The van der Waals surface area contributed by atoms with Crippen molar-refractivity contribution >= 4 is 5.71 Å². The maximum atomic E-state index is 11.6. The van der Waals surface area contributed by atoms with Crippen LogP contribution in [-0.4, -0.2) is 18.7 Å². The zero-order valence-corrected chi connectivity index (χ0v) is 7.43. The first-order valence-electron chi connectivity index (χ1n) is 4.66. The smallest absolute Gasteiger partial charge is 0.274 e. The number of nitrogens with zero attached hydrogens (tertiary/aromatic N) is 1. The van der Waals surface area contributed by atoms with Crippen molar-refractivity contribution < 1.29 is 13.6 Å². The molecule has 2 nitrogen and oxygen atoms in total. The minimum absolute atomic E-state index is 0.507. The molecule has 2 saturated carbocycles. The van der Waals surface area contributed by atoms with Crippen molar-refractivity contribution in [3.05, 3.63) is 0 Å². The zero-order valence-electron chi connectivity index (χ0n) is 7.43. The van der Waals surface area contributed by atoms with Gasteiger partial charge in [-0.2, -0.15) is 0 Å². The van der Waals surface area contributed by atoms with E-state index in [1.165, 1.54) is 19.3 Å². The molecule has 0 saturated heterocycles. The summed E-state index contributed by atoms with van der Waals surface area (Å²) in [5.41, 5.74) is 1.47. The van der Waals surface area contributed by atoms with Crippen LogP contribution in [0.15, 0.2) is 5.16 Å². The van der Waals surface area contributed by atoms with Crippen molar-refractivity contribution in [3.8, 4) is 0 Å². The molecule has 4 heteroatoms. The lowest BCUT2D eigenvalue weighted by atomic mass is 9.55. The fraction of sp³-hybridized carbons (Fsp3) is 0.889. The predicted octanol–water partition coefficient (Wildman–Crippen LogP) is 2.59. The summed E-state index contributed by atoms with van der Waals surface area (Å²) in [5, 5.41) is 3.68. The summed E-state index contributed by atoms with van der Waals surface area (Å²) in [5.74, 6) is 0. The quantitative estimate of drug-likeness (QED) is 0.625. The average Bonchev–Trinajstić information content (AvgIpc) is 1.89. The first kappa shape index (κ1) is 8.91. The molecule has 2 aliphatic carbocycles. The van der Waals surface area contributed by atoms with Crippen LogP contribution in [0.25, 0.3) is 0 Å². The van der Waals surface area contributed by atoms with Crippen molar-refractivity contribution in [2.45, 2.75) is 38.5 Å². The van der Waals surface area contributed by atoms with Crippen LogP contribution >= 0.6 is 0 Å². The molecule has 2 fully saturated rings. The molecule has 0 aromatic carbocycles. The molecule has 0 amide bonds. The maximum Gasteiger partial charge on any atom is 0.274 e. The molecule has 0 N–H and O–H groups in total. The summed E-state index contributed by atoms with van der Waals surface area (Å²) in [6.07, 6.45) is 3.39. The van der Waals surface area contributed by atoms with Gasteiger partial charge in [-0.1, -0.05) is 11.6 Å². The van der Waals surface area contributed by atoms with E-state index in [1.807, 2.05) is 0 Å². The number of hydrogen-bond acceptors (Lipinski definition) is 2. The van der Waals surface area contributed by atoms with Gasteiger partial charge in [0.15, 0.2) is 6.61 Å². The topological polar surface area (TPSA) is 21.6 Å². The van der Waals surface area contributed by atoms with Crippen LogP contribution in [0.1, 0.15) is 32.1 Å². The lowest BCUT2D eigenvalue weighted by Crippen LogP contribution is -2.43. The predicted molar refractivity (Wildman–Crippen MR) is 44.9 cm³/mol. The second-order valence-corrected chi connectivity index (χ2v) is 4.05. The number of rotatable bonds is 3. The Bertz CT molecular complexity index is 214. The van der Waals surface area contributed by atoms with Crippen molar-refractivity contribution in [1.82, 2.24) is 0 Å². The van der Waals surface area contributed by atoms with Gasteiger partial charge < -0.3 is 4.84 Å². The van der Waals surface area contributed by atoms with Gasteiger partial charge in [0, 0.05) is 0 Å². The Hall–Kier alpha value is -0.670. The molecule has 0 bridgehead atoms. The maximum absolute atomic E-state index is 11.6. The van der Waals surface area contributed by atoms with E-state index in [4.69, 9.17) is 0 Å². The van der Waals surface area contributed by atoms with E-state index in [9.17, 15) is 8.78 Å². The highest BCUT2D eigenvalue weighted by Gasteiger charge is 2.46. The first-order chi connectivity index (χ1) is 6.20. The first-order valence-corrected chi connectivity index (χ1v) is 4.66. The molecule has 0 aliphatic heterocycles. The second kappa shape index (κ2) is 3.24. The normalized spacial score (nSPS) is 24.1. The van der Waals surface area contributed by atoms with Gasteiger partial charge >= 0.3 is 0 Å². The Labute approximate surface area is 75.9 Å². The fourth-order valence-corrected chi connectivity index (χ4v) is 2.09. The Kier molecular flexibility index (Phi) is 2.22. The van der Waals surface area contributed by atoms with Gasteiger partial charge in [-0.05, 0) is 31.1 Å². The molecule has 0 heterocycles. The molecule has 13 heavy (non-hydrogen) atoms. The lowest BCUT2D eigenvalue weighted by Gasteiger charge is -2.49. The van der Waals surface area contributed by atoms with E-state index in [0.717, 1.165) is 18.6 Å². The van der Waals surface area contributed by atoms with Crippen molar-refractivity contribution in [2.75, 3.05) is 6.61 Å². The minimum atomic E-state index is -2.41.